The van der Waals surface area contributed by atoms with E-state index in [0.29, 0.717) is 6.21 Å². The lowest BCUT2D eigenvalue weighted by molar-refractivity contribution is -0.201. The first-order valence-electron chi connectivity index (χ1n) is 6.06. The van der Waals surface area contributed by atoms with Crippen LogP contribution in [0, 0.1) is 5.92 Å². The van der Waals surface area contributed by atoms with E-state index in [0.717, 1.165) is 0 Å². The lowest BCUT2D eigenvalue weighted by atomic mass is 9.83. The number of benzene rings is 1. The summed E-state index contributed by atoms with van der Waals surface area (Å²) in [4.78, 5) is 23.2. The molecule has 1 amide bonds. The van der Waals surface area contributed by atoms with E-state index < -0.39 is 29.5 Å². The van der Waals surface area contributed by atoms with Crippen LogP contribution in [0.25, 0.3) is 0 Å². The fourth-order valence-corrected chi connectivity index (χ4v) is 2.46. The molecule has 1 aromatic rings. The molecule has 0 saturated heterocycles. The normalized spacial score (nSPS) is 23.9. The van der Waals surface area contributed by atoms with Gasteiger partial charge in [0.25, 0.3) is 11.4 Å². The molecule has 0 spiro atoms. The fourth-order valence-electron chi connectivity index (χ4n) is 2.33. The Hall–Kier alpha value is -2.33. The van der Waals surface area contributed by atoms with Crippen LogP contribution in [0.5, 0.6) is 0 Å². The van der Waals surface area contributed by atoms with E-state index in [1.807, 2.05) is 0 Å². The number of halogens is 4. The first-order chi connectivity index (χ1) is 10.7. The van der Waals surface area contributed by atoms with Crippen LogP contribution in [0.2, 0.25) is 5.02 Å². The van der Waals surface area contributed by atoms with E-state index in [-0.39, 0.29) is 15.7 Å². The quantitative estimate of drug-likeness (QED) is 0.430. The van der Waals surface area contributed by atoms with Gasteiger partial charge >= 0.3 is 12.1 Å². The molecule has 0 saturated carbocycles. The van der Waals surface area contributed by atoms with E-state index in [1.54, 1.807) is 0 Å². The Labute approximate surface area is 132 Å². The van der Waals surface area contributed by atoms with Gasteiger partial charge in [0, 0.05) is 11.2 Å². The third-order valence-electron chi connectivity index (χ3n) is 3.36. The summed E-state index contributed by atoms with van der Waals surface area (Å²) < 4.78 is 41.3. The maximum absolute atomic E-state index is 13.8. The number of nitrogens with one attached hydrogen (secondary N) is 1. The van der Waals surface area contributed by atoms with E-state index in [4.69, 9.17) is 22.6 Å². The fraction of sp³-hybridized carbons (Fsp3) is 0.250. The molecule has 2 rings (SSSR count). The highest BCUT2D eigenvalue weighted by Gasteiger charge is 2.72. The Kier molecular flexibility index (Phi) is 4.22. The minimum atomic E-state index is -5.28. The smallest absolute Gasteiger partial charge is 0.424 e. The zero-order chi connectivity index (χ0) is 17.4. The van der Waals surface area contributed by atoms with Crippen molar-refractivity contribution in [3.8, 4) is 0 Å². The average Bonchev–Trinajstić information content (AvgIpc) is 2.88. The Morgan fingerprint density at radius 3 is 2.35 bits per heavy atom. The number of nitrogens with two attached hydrogens (primary N) is 1. The van der Waals surface area contributed by atoms with Gasteiger partial charge in [0.1, 0.15) is 5.92 Å². The highest BCUT2D eigenvalue weighted by Crippen LogP contribution is 2.46. The molecule has 4 N–H and O–H groups in total. The van der Waals surface area contributed by atoms with Crippen molar-refractivity contribution < 1.29 is 27.9 Å². The molecule has 0 unspecified atom stereocenters. The zero-order valence-corrected chi connectivity index (χ0v) is 12.0. The number of hydrazone groups is 1. The van der Waals surface area contributed by atoms with Gasteiger partial charge < -0.3 is 5.11 Å². The van der Waals surface area contributed by atoms with Crippen LogP contribution in [0.1, 0.15) is 0 Å². The topological polar surface area (TPSA) is 108 Å². The van der Waals surface area contributed by atoms with Crippen LogP contribution in [0.15, 0.2) is 29.4 Å². The number of rotatable bonds is 3. The third kappa shape index (κ3) is 2.49. The van der Waals surface area contributed by atoms with Gasteiger partial charge in [0.05, 0.1) is 5.69 Å². The summed E-state index contributed by atoms with van der Waals surface area (Å²) in [6, 6.07) is 4.91. The molecule has 0 fully saturated rings. The number of amides is 1. The van der Waals surface area contributed by atoms with Crippen molar-refractivity contribution in [3.63, 3.8) is 0 Å². The van der Waals surface area contributed by atoms with E-state index in [2.05, 4.69) is 5.10 Å². The summed E-state index contributed by atoms with van der Waals surface area (Å²) in [6.45, 7) is 0. The summed E-state index contributed by atoms with van der Waals surface area (Å²) in [6.07, 6.45) is -4.74. The Bertz CT molecular complexity index is 665. The molecular weight excluding hydrogens is 341 g/mol. The highest BCUT2D eigenvalue weighted by atomic mass is 35.5. The number of carboxylic acid groups (broad SMARTS) is 1. The first-order valence-corrected chi connectivity index (χ1v) is 6.44. The summed E-state index contributed by atoms with van der Waals surface area (Å²) in [5, 5.41) is 13.1. The lowest BCUT2D eigenvalue weighted by Gasteiger charge is -2.39. The van der Waals surface area contributed by atoms with E-state index in [9.17, 15) is 22.8 Å². The van der Waals surface area contributed by atoms with Gasteiger partial charge in [-0.3, -0.25) is 15.0 Å². The molecule has 1 aliphatic rings. The van der Waals surface area contributed by atoms with Crippen molar-refractivity contribution in [1.29, 1.82) is 0 Å². The van der Waals surface area contributed by atoms with Crippen LogP contribution in [0.4, 0.5) is 18.9 Å². The molecule has 0 aromatic heterocycles. The SMILES string of the molecule is NNC(=O)[C@]1(C(F)(F)F)[C@@H](C(=O)O)C=NN1c1ccc(Cl)cc1. The minimum Gasteiger partial charge on any atom is -0.481 e. The van der Waals surface area contributed by atoms with Crippen LogP contribution >= 0.6 is 11.6 Å². The second kappa shape index (κ2) is 5.70. The Morgan fingerprint density at radius 2 is 1.91 bits per heavy atom. The first kappa shape index (κ1) is 17.0. The number of anilines is 1. The van der Waals surface area contributed by atoms with Crippen molar-refractivity contribution in [1.82, 2.24) is 5.43 Å². The van der Waals surface area contributed by atoms with Gasteiger partial charge in [0.15, 0.2) is 0 Å². The molecule has 1 heterocycles. The molecule has 2 atom stereocenters. The number of nitrogens with zero attached hydrogens (tertiary/aromatic N) is 2. The largest absolute Gasteiger partial charge is 0.481 e. The summed E-state index contributed by atoms with van der Waals surface area (Å²) in [5.74, 6) is -1.03. The molecule has 0 radical (unpaired) electrons. The number of hydrazine groups is 1. The number of carbonyl (C=O) groups excluding carboxylic acids is 1. The van der Waals surface area contributed by atoms with Gasteiger partial charge in [-0.05, 0) is 24.3 Å². The van der Waals surface area contributed by atoms with E-state index >= 15 is 0 Å². The lowest BCUT2D eigenvalue weighted by Crippen LogP contribution is -2.70. The minimum absolute atomic E-state index is 0.171. The van der Waals surface area contributed by atoms with Crippen molar-refractivity contribution >= 4 is 35.4 Å². The van der Waals surface area contributed by atoms with Crippen LogP contribution in [0.3, 0.4) is 0 Å². The molecule has 11 heteroatoms. The standard InChI is InChI=1S/C12H10ClF3N4O3/c13-6-1-3-7(4-2-6)20-11(10(23)19-17,12(14,15)16)8(5-18-20)9(21)22/h1-5,8H,17H2,(H,19,23)(H,21,22)/t8-,11+/m1/s1. The molecule has 0 bridgehead atoms. The van der Waals surface area contributed by atoms with Gasteiger partial charge in [-0.1, -0.05) is 11.6 Å². The van der Waals surface area contributed by atoms with Crippen molar-refractivity contribution in [2.24, 2.45) is 16.9 Å². The van der Waals surface area contributed by atoms with Crippen LogP contribution < -0.4 is 16.3 Å². The molecule has 7 nitrogen and oxygen atoms in total. The van der Waals surface area contributed by atoms with Crippen molar-refractivity contribution in [3.05, 3.63) is 29.3 Å². The number of hydrogen-bond acceptors (Lipinski definition) is 5. The second-order valence-electron chi connectivity index (χ2n) is 4.61. The maximum atomic E-state index is 13.8. The van der Waals surface area contributed by atoms with Gasteiger partial charge in [-0.25, -0.2) is 10.9 Å². The second-order valence-corrected chi connectivity index (χ2v) is 5.04. The third-order valence-corrected chi connectivity index (χ3v) is 3.61. The number of carboxylic acids is 1. The van der Waals surface area contributed by atoms with Crippen LogP contribution in [-0.2, 0) is 9.59 Å². The summed E-state index contributed by atoms with van der Waals surface area (Å²) in [7, 11) is 0. The Balaban J connectivity index is 2.69. The maximum Gasteiger partial charge on any atom is 0.424 e. The number of aliphatic carboxylic acids is 1. The number of alkyl halides is 3. The molecule has 23 heavy (non-hydrogen) atoms. The molecular formula is C12H10ClF3N4O3. The molecule has 0 aliphatic carbocycles. The van der Waals surface area contributed by atoms with Gasteiger partial charge in [0.2, 0.25) is 0 Å². The predicted molar refractivity (Wildman–Crippen MR) is 74.7 cm³/mol. The monoisotopic (exact) mass is 350 g/mol. The van der Waals surface area contributed by atoms with Gasteiger partial charge in [-0.2, -0.15) is 18.3 Å². The Morgan fingerprint density at radius 1 is 1.35 bits per heavy atom. The molecule has 124 valence electrons. The number of hydrogen-bond donors (Lipinski definition) is 3. The summed E-state index contributed by atoms with van der Waals surface area (Å²) >= 11 is 5.68. The highest BCUT2D eigenvalue weighted by molar-refractivity contribution is 6.30. The van der Waals surface area contributed by atoms with Crippen molar-refractivity contribution in [2.45, 2.75) is 11.7 Å². The van der Waals surface area contributed by atoms with Gasteiger partial charge in [-0.15, -0.1) is 0 Å². The molecule has 1 aromatic carbocycles. The van der Waals surface area contributed by atoms with E-state index in [1.165, 1.54) is 29.7 Å². The summed E-state index contributed by atoms with van der Waals surface area (Å²) in [5.41, 5.74) is -2.30. The molecule has 1 aliphatic heterocycles. The van der Waals surface area contributed by atoms with Crippen LogP contribution in [-0.4, -0.2) is 34.9 Å². The van der Waals surface area contributed by atoms with Crippen molar-refractivity contribution in [2.75, 3.05) is 5.01 Å². The zero-order valence-electron chi connectivity index (χ0n) is 11.2. The number of carbonyl (C=O) groups is 2. The average molecular weight is 351 g/mol. The predicted octanol–water partition coefficient (Wildman–Crippen LogP) is 1.14.